The van der Waals surface area contributed by atoms with Crippen LogP contribution in [0.3, 0.4) is 0 Å². The minimum atomic E-state index is -0.0421. The molecule has 5 nitrogen and oxygen atoms in total. The number of aromatic nitrogens is 2. The third-order valence-corrected chi connectivity index (χ3v) is 7.01. The van der Waals surface area contributed by atoms with Crippen LogP contribution in [0, 0.1) is 6.92 Å². The number of unbranched alkanes of at least 4 members (excludes halogenated alkanes) is 2. The van der Waals surface area contributed by atoms with Crippen molar-refractivity contribution in [2.75, 3.05) is 11.4 Å². The average molecular weight is 451 g/mol. The molecule has 0 fully saturated rings. The number of anilines is 1. The van der Waals surface area contributed by atoms with Crippen molar-refractivity contribution in [2.24, 2.45) is 0 Å². The molecule has 0 bridgehead atoms. The van der Waals surface area contributed by atoms with Crippen LogP contribution in [0.2, 0.25) is 0 Å². The molecule has 3 rings (SSSR count). The highest BCUT2D eigenvalue weighted by molar-refractivity contribution is 7.98. The molecule has 2 atom stereocenters. The first-order chi connectivity index (χ1) is 15.5. The van der Waals surface area contributed by atoms with Gasteiger partial charge in [0, 0.05) is 29.1 Å². The van der Waals surface area contributed by atoms with Crippen LogP contribution in [-0.2, 0) is 0 Å². The van der Waals surface area contributed by atoms with E-state index in [2.05, 4.69) is 54.1 Å². The number of nitrogens with one attached hydrogen (secondary N) is 1. The first-order valence-corrected chi connectivity index (χ1v) is 12.2. The second-order valence-electron chi connectivity index (χ2n) is 8.07. The van der Waals surface area contributed by atoms with Gasteiger partial charge in [-0.3, -0.25) is 8.87 Å². The van der Waals surface area contributed by atoms with E-state index in [1.807, 2.05) is 59.8 Å². The van der Waals surface area contributed by atoms with Gasteiger partial charge < -0.3 is 5.32 Å². The number of carbonyl (C=O) groups excluding carboxylic acids is 1. The maximum atomic E-state index is 13.1. The van der Waals surface area contributed by atoms with Gasteiger partial charge in [-0.1, -0.05) is 68.3 Å². The number of urea groups is 1. The van der Waals surface area contributed by atoms with Gasteiger partial charge in [-0.25, -0.2) is 9.78 Å². The molecule has 32 heavy (non-hydrogen) atoms. The molecular formula is C26H34N4OS. The highest BCUT2D eigenvalue weighted by atomic mass is 32.2. The summed E-state index contributed by atoms with van der Waals surface area (Å²) in [5.74, 6) is 0. The fraction of sp³-hybridized carbons (Fsp3) is 0.385. The van der Waals surface area contributed by atoms with E-state index in [-0.39, 0.29) is 17.3 Å². The van der Waals surface area contributed by atoms with Gasteiger partial charge >= 0.3 is 6.03 Å². The van der Waals surface area contributed by atoms with Gasteiger partial charge in [-0.05, 0) is 51.3 Å². The number of para-hydroxylation sites is 1. The molecule has 2 unspecified atom stereocenters. The molecule has 1 N–H and O–H groups in total. The van der Waals surface area contributed by atoms with Crippen molar-refractivity contribution in [3.63, 3.8) is 0 Å². The van der Waals surface area contributed by atoms with Crippen molar-refractivity contribution in [1.82, 2.24) is 14.3 Å². The zero-order valence-corrected chi connectivity index (χ0v) is 20.3. The van der Waals surface area contributed by atoms with Crippen molar-refractivity contribution in [1.29, 1.82) is 0 Å². The molecule has 0 spiro atoms. The van der Waals surface area contributed by atoms with Crippen LogP contribution in [0.1, 0.15) is 45.7 Å². The molecule has 0 saturated heterocycles. The Hall–Kier alpha value is -2.73. The molecule has 1 aromatic heterocycles. The molecular weight excluding hydrogens is 416 g/mol. The summed E-state index contributed by atoms with van der Waals surface area (Å²) in [6, 6.07) is 20.1. The van der Waals surface area contributed by atoms with Crippen LogP contribution in [0.4, 0.5) is 10.5 Å². The number of rotatable bonds is 10. The Kier molecular flexibility index (Phi) is 8.80. The Bertz CT molecular complexity index is 974. The van der Waals surface area contributed by atoms with Crippen molar-refractivity contribution < 1.29 is 4.79 Å². The van der Waals surface area contributed by atoms with E-state index in [0.29, 0.717) is 6.54 Å². The standard InChI is InChI=1S/C26H34N4OS/c1-5-6-13-18-27-26(31)30(24-16-11-8-12-17-24)20(2)22(4)32-29-19-28-25(21(29)3)23-14-9-7-10-15-23/h7-12,14-17,19-20,22H,5-6,13,18H2,1-4H3,(H,27,31). The van der Waals surface area contributed by atoms with E-state index < -0.39 is 0 Å². The highest BCUT2D eigenvalue weighted by Gasteiger charge is 2.27. The van der Waals surface area contributed by atoms with E-state index in [1.54, 1.807) is 11.9 Å². The van der Waals surface area contributed by atoms with Gasteiger partial charge in [0.15, 0.2) is 0 Å². The Balaban J connectivity index is 1.75. The summed E-state index contributed by atoms with van der Waals surface area (Å²) in [5, 5.41) is 3.26. The first kappa shape index (κ1) is 23.9. The van der Waals surface area contributed by atoms with Crippen LogP contribution in [0.25, 0.3) is 11.3 Å². The Labute approximate surface area is 196 Å². The summed E-state index contributed by atoms with van der Waals surface area (Å²) in [6.45, 7) is 9.23. The molecule has 0 aliphatic carbocycles. The van der Waals surface area contributed by atoms with Crippen LogP contribution in [0.5, 0.6) is 0 Å². The molecule has 2 aromatic carbocycles. The minimum absolute atomic E-state index is 0.0180. The fourth-order valence-corrected chi connectivity index (χ4v) is 4.64. The van der Waals surface area contributed by atoms with Gasteiger partial charge in [0.2, 0.25) is 0 Å². The summed E-state index contributed by atoms with van der Waals surface area (Å²) in [5.41, 5.74) is 4.12. The molecule has 0 aliphatic heterocycles. The van der Waals surface area contributed by atoms with Crippen molar-refractivity contribution in [2.45, 2.75) is 58.2 Å². The summed E-state index contributed by atoms with van der Waals surface area (Å²) in [4.78, 5) is 19.7. The molecule has 170 valence electrons. The monoisotopic (exact) mass is 450 g/mol. The van der Waals surface area contributed by atoms with E-state index in [9.17, 15) is 4.79 Å². The van der Waals surface area contributed by atoms with E-state index in [0.717, 1.165) is 41.9 Å². The van der Waals surface area contributed by atoms with Gasteiger partial charge in [0.05, 0.1) is 11.4 Å². The molecule has 0 saturated carbocycles. The zero-order valence-electron chi connectivity index (χ0n) is 19.5. The van der Waals surface area contributed by atoms with Crippen LogP contribution >= 0.6 is 11.9 Å². The van der Waals surface area contributed by atoms with Gasteiger partial charge in [0.1, 0.15) is 6.33 Å². The summed E-state index contributed by atoms with van der Waals surface area (Å²) in [6.07, 6.45) is 5.14. The quantitative estimate of drug-likeness (QED) is 0.357. The third kappa shape index (κ3) is 5.94. The number of amides is 2. The molecule has 2 amide bonds. The smallest absolute Gasteiger partial charge is 0.322 e. The van der Waals surface area contributed by atoms with Crippen LogP contribution in [-0.4, -0.2) is 32.8 Å². The minimum Gasteiger partial charge on any atom is -0.338 e. The predicted octanol–water partition coefficient (Wildman–Crippen LogP) is 6.54. The topological polar surface area (TPSA) is 50.2 Å². The van der Waals surface area contributed by atoms with Crippen molar-refractivity contribution in [3.8, 4) is 11.3 Å². The Morgan fingerprint density at radius 1 is 1.06 bits per heavy atom. The van der Waals surface area contributed by atoms with Gasteiger partial charge in [-0.2, -0.15) is 0 Å². The maximum absolute atomic E-state index is 13.1. The normalized spacial score (nSPS) is 12.9. The number of hydrogen-bond donors (Lipinski definition) is 1. The van der Waals surface area contributed by atoms with E-state index in [4.69, 9.17) is 0 Å². The maximum Gasteiger partial charge on any atom is 0.322 e. The molecule has 0 aliphatic rings. The summed E-state index contributed by atoms with van der Waals surface area (Å²) < 4.78 is 2.12. The largest absolute Gasteiger partial charge is 0.338 e. The number of carbonyl (C=O) groups is 1. The Morgan fingerprint density at radius 2 is 1.72 bits per heavy atom. The lowest BCUT2D eigenvalue weighted by Gasteiger charge is -2.33. The van der Waals surface area contributed by atoms with Crippen molar-refractivity contribution >= 4 is 23.7 Å². The molecule has 0 radical (unpaired) electrons. The number of imidazole rings is 1. The number of nitrogens with zero attached hydrogens (tertiary/aromatic N) is 3. The summed E-state index contributed by atoms with van der Waals surface area (Å²) >= 11 is 1.70. The Morgan fingerprint density at radius 3 is 2.38 bits per heavy atom. The zero-order chi connectivity index (χ0) is 22.9. The molecule has 3 aromatic rings. The molecule has 1 heterocycles. The van der Waals surface area contributed by atoms with Crippen LogP contribution in [0.15, 0.2) is 67.0 Å². The lowest BCUT2D eigenvalue weighted by Crippen LogP contribution is -2.49. The third-order valence-electron chi connectivity index (χ3n) is 5.69. The second kappa shape index (κ2) is 11.8. The van der Waals surface area contributed by atoms with Gasteiger partial charge in [-0.15, -0.1) is 0 Å². The average Bonchev–Trinajstić information content (AvgIpc) is 3.18. The predicted molar refractivity (Wildman–Crippen MR) is 136 cm³/mol. The lowest BCUT2D eigenvalue weighted by molar-refractivity contribution is 0.244. The van der Waals surface area contributed by atoms with E-state index in [1.165, 1.54) is 0 Å². The first-order valence-electron chi connectivity index (χ1n) is 11.4. The highest BCUT2D eigenvalue weighted by Crippen LogP contribution is 2.29. The lowest BCUT2D eigenvalue weighted by atomic mass is 10.1. The second-order valence-corrected chi connectivity index (χ2v) is 9.41. The van der Waals surface area contributed by atoms with E-state index >= 15 is 0 Å². The van der Waals surface area contributed by atoms with Gasteiger partial charge in [0.25, 0.3) is 0 Å². The number of hydrogen-bond acceptors (Lipinski definition) is 3. The molecule has 6 heteroatoms. The fourth-order valence-electron chi connectivity index (χ4n) is 3.64. The number of benzene rings is 2. The SMILES string of the molecule is CCCCCNC(=O)N(c1ccccc1)C(C)C(C)Sn1cnc(-c2ccccc2)c1C. The van der Waals surface area contributed by atoms with Crippen LogP contribution < -0.4 is 10.2 Å². The van der Waals surface area contributed by atoms with Crippen molar-refractivity contribution in [3.05, 3.63) is 72.7 Å². The summed E-state index contributed by atoms with van der Waals surface area (Å²) in [7, 11) is 0.